The van der Waals surface area contributed by atoms with Gasteiger partial charge in [-0.05, 0) is 18.6 Å². The quantitative estimate of drug-likeness (QED) is 0.444. The first-order chi connectivity index (χ1) is 4.80. The fraction of sp³-hybridized carbons (Fsp3) is 0.300. The standard InChI is InChI=1S/C10H12/c1-9-7-5-3-4-6-8-10(9)2/h3-7,9H,1-2H3/b4-3-,7-5?/t8?,9-/m0/s1. The van der Waals surface area contributed by atoms with Crippen molar-refractivity contribution in [2.24, 2.45) is 5.92 Å². The van der Waals surface area contributed by atoms with Gasteiger partial charge in [-0.2, -0.15) is 0 Å². The van der Waals surface area contributed by atoms with Crippen molar-refractivity contribution in [1.29, 1.82) is 0 Å². The van der Waals surface area contributed by atoms with E-state index in [1.165, 1.54) is 5.57 Å². The molecular formula is C10H12. The highest BCUT2D eigenvalue weighted by molar-refractivity contribution is 5.20. The Morgan fingerprint density at radius 2 is 2.10 bits per heavy atom. The summed E-state index contributed by atoms with van der Waals surface area (Å²) in [5, 5.41) is 0. The van der Waals surface area contributed by atoms with E-state index in [0.29, 0.717) is 5.92 Å². The minimum absolute atomic E-state index is 0.529. The van der Waals surface area contributed by atoms with E-state index in [1.807, 2.05) is 18.2 Å². The fourth-order valence-corrected chi connectivity index (χ4v) is 0.806. The fourth-order valence-electron chi connectivity index (χ4n) is 0.806. The maximum atomic E-state index is 3.19. The van der Waals surface area contributed by atoms with E-state index in [0.717, 1.165) is 0 Å². The Kier molecular flexibility index (Phi) is 2.30. The summed E-state index contributed by atoms with van der Waals surface area (Å²) in [6, 6.07) is 0. The molecule has 1 aliphatic rings. The van der Waals surface area contributed by atoms with Gasteiger partial charge in [0.1, 0.15) is 0 Å². The first kappa shape index (κ1) is 7.11. The lowest BCUT2D eigenvalue weighted by atomic mass is 10.0. The van der Waals surface area contributed by atoms with Crippen LogP contribution in [-0.2, 0) is 0 Å². The second kappa shape index (κ2) is 3.24. The molecule has 0 heteroatoms. The van der Waals surface area contributed by atoms with Crippen molar-refractivity contribution in [3.63, 3.8) is 0 Å². The minimum atomic E-state index is 0.529. The molecule has 0 unspecified atom stereocenters. The SMILES string of the molecule is CC1=C=C/C=C\C=C[C@@H]1C. The Morgan fingerprint density at radius 1 is 1.30 bits per heavy atom. The summed E-state index contributed by atoms with van der Waals surface area (Å²) in [5.74, 6) is 0.529. The molecule has 0 aromatic carbocycles. The minimum Gasteiger partial charge on any atom is -0.121 e. The molecule has 1 rings (SSSR count). The largest absolute Gasteiger partial charge is 0.121 e. The molecule has 0 aromatic heterocycles. The lowest BCUT2D eigenvalue weighted by molar-refractivity contribution is 0.865. The van der Waals surface area contributed by atoms with Crippen LogP contribution >= 0.6 is 0 Å². The lowest BCUT2D eigenvalue weighted by Gasteiger charge is -2.02. The first-order valence-electron chi connectivity index (χ1n) is 3.57. The van der Waals surface area contributed by atoms with Crippen LogP contribution in [-0.4, -0.2) is 0 Å². The molecule has 0 nitrogen and oxygen atoms in total. The maximum Gasteiger partial charge on any atom is 0.00247 e. The van der Waals surface area contributed by atoms with Crippen molar-refractivity contribution in [3.8, 4) is 0 Å². The highest BCUT2D eigenvalue weighted by Gasteiger charge is 1.96. The predicted octanol–water partition coefficient (Wildman–Crippen LogP) is 2.85. The Bertz CT molecular complexity index is 222. The van der Waals surface area contributed by atoms with Crippen molar-refractivity contribution in [2.45, 2.75) is 13.8 Å². The van der Waals surface area contributed by atoms with Crippen LogP contribution in [0, 0.1) is 5.92 Å². The molecule has 0 amide bonds. The number of allylic oxidation sites excluding steroid dienone is 5. The summed E-state index contributed by atoms with van der Waals surface area (Å²) in [7, 11) is 0. The van der Waals surface area contributed by atoms with Gasteiger partial charge in [-0.3, -0.25) is 0 Å². The van der Waals surface area contributed by atoms with Crippen molar-refractivity contribution in [2.75, 3.05) is 0 Å². The van der Waals surface area contributed by atoms with Crippen LogP contribution in [0.15, 0.2) is 41.7 Å². The van der Waals surface area contributed by atoms with Crippen molar-refractivity contribution < 1.29 is 0 Å². The van der Waals surface area contributed by atoms with Crippen molar-refractivity contribution in [1.82, 2.24) is 0 Å². The monoisotopic (exact) mass is 132 g/mol. The average Bonchev–Trinajstić information content (AvgIpc) is 1.92. The van der Waals surface area contributed by atoms with E-state index in [-0.39, 0.29) is 0 Å². The van der Waals surface area contributed by atoms with Gasteiger partial charge in [0.25, 0.3) is 0 Å². The second-order valence-electron chi connectivity index (χ2n) is 2.55. The molecule has 0 saturated heterocycles. The first-order valence-corrected chi connectivity index (χ1v) is 3.57. The molecule has 1 aliphatic carbocycles. The Hall–Kier alpha value is -1.00. The molecule has 0 saturated carbocycles. The summed E-state index contributed by atoms with van der Waals surface area (Å²) in [6.07, 6.45) is 10.2. The summed E-state index contributed by atoms with van der Waals surface area (Å²) < 4.78 is 0. The van der Waals surface area contributed by atoms with E-state index in [9.17, 15) is 0 Å². The molecule has 0 aromatic rings. The van der Waals surface area contributed by atoms with E-state index in [2.05, 4.69) is 31.7 Å². The third-order valence-electron chi connectivity index (χ3n) is 1.71. The van der Waals surface area contributed by atoms with Crippen LogP contribution < -0.4 is 0 Å². The van der Waals surface area contributed by atoms with E-state index < -0.39 is 0 Å². The van der Waals surface area contributed by atoms with Gasteiger partial charge in [0.2, 0.25) is 0 Å². The van der Waals surface area contributed by atoms with Crippen LogP contribution in [0.4, 0.5) is 0 Å². The molecule has 52 valence electrons. The Morgan fingerprint density at radius 3 is 2.90 bits per heavy atom. The van der Waals surface area contributed by atoms with Crippen LogP contribution in [0.5, 0.6) is 0 Å². The van der Waals surface area contributed by atoms with Gasteiger partial charge in [0.15, 0.2) is 0 Å². The average molecular weight is 132 g/mol. The van der Waals surface area contributed by atoms with Crippen LogP contribution in [0.2, 0.25) is 0 Å². The van der Waals surface area contributed by atoms with Gasteiger partial charge in [0, 0.05) is 5.92 Å². The molecule has 0 bridgehead atoms. The summed E-state index contributed by atoms with van der Waals surface area (Å²) in [5.41, 5.74) is 4.48. The molecule has 0 radical (unpaired) electrons. The van der Waals surface area contributed by atoms with Gasteiger partial charge in [-0.15, -0.1) is 5.73 Å². The second-order valence-corrected chi connectivity index (χ2v) is 2.55. The summed E-state index contributed by atoms with van der Waals surface area (Å²) in [4.78, 5) is 0. The van der Waals surface area contributed by atoms with Gasteiger partial charge in [-0.1, -0.05) is 31.2 Å². The lowest BCUT2D eigenvalue weighted by Crippen LogP contribution is -1.89. The van der Waals surface area contributed by atoms with Gasteiger partial charge < -0.3 is 0 Å². The zero-order valence-corrected chi connectivity index (χ0v) is 6.46. The summed E-state index contributed by atoms with van der Waals surface area (Å²) >= 11 is 0. The van der Waals surface area contributed by atoms with Gasteiger partial charge in [0.05, 0.1) is 0 Å². The third kappa shape index (κ3) is 1.75. The van der Waals surface area contributed by atoms with E-state index in [4.69, 9.17) is 0 Å². The zero-order chi connectivity index (χ0) is 7.40. The summed E-state index contributed by atoms with van der Waals surface area (Å²) in [6.45, 7) is 4.27. The number of rotatable bonds is 0. The molecule has 0 heterocycles. The number of hydrogen-bond donors (Lipinski definition) is 0. The molecule has 0 spiro atoms. The van der Waals surface area contributed by atoms with Crippen LogP contribution in [0.25, 0.3) is 0 Å². The van der Waals surface area contributed by atoms with E-state index >= 15 is 0 Å². The highest BCUT2D eigenvalue weighted by atomic mass is 14.0. The third-order valence-corrected chi connectivity index (χ3v) is 1.71. The zero-order valence-electron chi connectivity index (χ0n) is 6.46. The van der Waals surface area contributed by atoms with Gasteiger partial charge in [-0.25, -0.2) is 0 Å². The highest BCUT2D eigenvalue weighted by Crippen LogP contribution is 2.10. The molecular weight excluding hydrogens is 120 g/mol. The van der Waals surface area contributed by atoms with E-state index in [1.54, 1.807) is 0 Å². The van der Waals surface area contributed by atoms with Crippen LogP contribution in [0.1, 0.15) is 13.8 Å². The Labute approximate surface area is 62.3 Å². The maximum absolute atomic E-state index is 3.19. The predicted molar refractivity (Wildman–Crippen MR) is 44.7 cm³/mol. The smallest absolute Gasteiger partial charge is 0.00247 e. The van der Waals surface area contributed by atoms with Crippen molar-refractivity contribution in [3.05, 3.63) is 41.7 Å². The molecule has 10 heavy (non-hydrogen) atoms. The molecule has 0 aliphatic heterocycles. The molecule has 1 atom stereocenters. The molecule has 0 fully saturated rings. The van der Waals surface area contributed by atoms with Gasteiger partial charge >= 0.3 is 0 Å². The normalized spacial score (nSPS) is 27.0. The topological polar surface area (TPSA) is 0 Å². The number of hydrogen-bond acceptors (Lipinski definition) is 0. The Balaban J connectivity index is 2.93. The molecule has 0 N–H and O–H groups in total. The van der Waals surface area contributed by atoms with Crippen molar-refractivity contribution >= 4 is 0 Å². The van der Waals surface area contributed by atoms with Crippen LogP contribution in [0.3, 0.4) is 0 Å².